The van der Waals surface area contributed by atoms with Crippen LogP contribution in [0.4, 0.5) is 16.2 Å². The normalized spacial score (nSPS) is 10.0. The van der Waals surface area contributed by atoms with Crippen molar-refractivity contribution in [2.24, 2.45) is 0 Å². The lowest BCUT2D eigenvalue weighted by atomic mass is 10.2. The molecule has 0 bridgehead atoms. The van der Waals surface area contributed by atoms with Gasteiger partial charge in [-0.15, -0.1) is 0 Å². The number of benzene rings is 2. The number of methoxy groups -OCH3 is 2. The van der Waals surface area contributed by atoms with Gasteiger partial charge in [0.25, 0.3) is 0 Å². The Morgan fingerprint density at radius 1 is 1.09 bits per heavy atom. The number of nitrogens with one attached hydrogen (secondary N) is 2. The third kappa shape index (κ3) is 4.05. The highest BCUT2D eigenvalue weighted by Gasteiger charge is 2.12. The van der Waals surface area contributed by atoms with Crippen LogP contribution >= 0.6 is 27.5 Å². The molecule has 0 aliphatic rings. The highest BCUT2D eigenvalue weighted by molar-refractivity contribution is 9.10. The van der Waals surface area contributed by atoms with Gasteiger partial charge >= 0.3 is 6.03 Å². The molecule has 2 amide bonds. The van der Waals surface area contributed by atoms with Crippen LogP contribution in [0, 0.1) is 0 Å². The predicted octanol–water partition coefficient (Wildman–Crippen LogP) is 4.76. The van der Waals surface area contributed by atoms with Gasteiger partial charge in [-0.1, -0.05) is 17.7 Å². The number of anilines is 2. The second-order valence-corrected chi connectivity index (χ2v) is 5.57. The van der Waals surface area contributed by atoms with Gasteiger partial charge in [0, 0.05) is 22.8 Å². The number of carbonyl (C=O) groups is 1. The molecule has 2 rings (SSSR count). The lowest BCUT2D eigenvalue weighted by Crippen LogP contribution is -2.19. The third-order valence-corrected chi connectivity index (χ3v) is 3.66. The largest absolute Gasteiger partial charge is 0.495 e. The molecule has 0 fully saturated rings. The topological polar surface area (TPSA) is 59.6 Å². The Kier molecular flexibility index (Phi) is 5.51. The Morgan fingerprint density at radius 3 is 2.45 bits per heavy atom. The molecule has 22 heavy (non-hydrogen) atoms. The van der Waals surface area contributed by atoms with Crippen molar-refractivity contribution in [3.63, 3.8) is 0 Å². The number of halogens is 2. The number of carbonyl (C=O) groups excluding carboxylic acids is 1. The highest BCUT2D eigenvalue weighted by Crippen LogP contribution is 2.36. The molecule has 2 aromatic carbocycles. The zero-order chi connectivity index (χ0) is 16.1. The van der Waals surface area contributed by atoms with Crippen molar-refractivity contribution >= 4 is 44.9 Å². The minimum atomic E-state index is -0.412. The van der Waals surface area contributed by atoms with Crippen molar-refractivity contribution in [1.82, 2.24) is 0 Å². The van der Waals surface area contributed by atoms with Gasteiger partial charge < -0.3 is 20.1 Å². The van der Waals surface area contributed by atoms with Crippen molar-refractivity contribution < 1.29 is 14.3 Å². The first-order valence-corrected chi connectivity index (χ1v) is 7.45. The number of urea groups is 1. The molecule has 0 heterocycles. The molecule has 0 aliphatic heterocycles. The highest BCUT2D eigenvalue weighted by atomic mass is 79.9. The summed E-state index contributed by atoms with van der Waals surface area (Å²) in [5, 5.41) is 5.95. The minimum Gasteiger partial charge on any atom is -0.495 e. The second-order valence-electron chi connectivity index (χ2n) is 4.28. The molecule has 116 valence electrons. The molecule has 0 saturated carbocycles. The Balaban J connectivity index is 2.17. The summed E-state index contributed by atoms with van der Waals surface area (Å²) in [7, 11) is 3.07. The average Bonchev–Trinajstić information content (AvgIpc) is 2.48. The van der Waals surface area contributed by atoms with E-state index in [1.807, 2.05) is 0 Å². The first kappa shape index (κ1) is 16.5. The first-order valence-electron chi connectivity index (χ1n) is 6.28. The van der Waals surface area contributed by atoms with E-state index in [9.17, 15) is 4.79 Å². The van der Waals surface area contributed by atoms with Crippen LogP contribution in [-0.2, 0) is 0 Å². The van der Waals surface area contributed by atoms with Gasteiger partial charge in [0.15, 0.2) is 0 Å². The molecule has 0 atom stereocenters. The van der Waals surface area contributed by atoms with Crippen molar-refractivity contribution in [1.29, 1.82) is 0 Å². The quantitative estimate of drug-likeness (QED) is 0.797. The van der Waals surface area contributed by atoms with Crippen molar-refractivity contribution in [2.75, 3.05) is 24.9 Å². The van der Waals surface area contributed by atoms with Crippen LogP contribution < -0.4 is 20.1 Å². The lowest BCUT2D eigenvalue weighted by Gasteiger charge is -2.14. The van der Waals surface area contributed by atoms with E-state index < -0.39 is 6.03 Å². The Bertz CT molecular complexity index is 694. The van der Waals surface area contributed by atoms with Gasteiger partial charge in [0.1, 0.15) is 11.5 Å². The summed E-state index contributed by atoms with van der Waals surface area (Å²) < 4.78 is 11.2. The molecular formula is C15H14BrClN2O3. The van der Waals surface area contributed by atoms with Crippen molar-refractivity contribution in [2.45, 2.75) is 0 Å². The van der Waals surface area contributed by atoms with Crippen LogP contribution in [0.1, 0.15) is 0 Å². The molecule has 5 nitrogen and oxygen atoms in total. The Morgan fingerprint density at radius 2 is 1.82 bits per heavy atom. The van der Waals surface area contributed by atoms with Crippen LogP contribution in [0.3, 0.4) is 0 Å². The molecule has 0 aromatic heterocycles. The van der Waals surface area contributed by atoms with Crippen LogP contribution in [0.5, 0.6) is 11.5 Å². The summed E-state index contributed by atoms with van der Waals surface area (Å²) in [5.41, 5.74) is 1.08. The number of ether oxygens (including phenoxy) is 2. The van der Waals surface area contributed by atoms with Gasteiger partial charge in [-0.25, -0.2) is 4.79 Å². The van der Waals surface area contributed by atoms with E-state index >= 15 is 0 Å². The Labute approximate surface area is 141 Å². The SMILES string of the molecule is COc1cc(NC(=O)Nc2cccc(Cl)c2)c(OC)cc1Br. The fourth-order valence-electron chi connectivity index (χ4n) is 1.81. The predicted molar refractivity (Wildman–Crippen MR) is 91.3 cm³/mol. The van der Waals surface area contributed by atoms with E-state index in [0.717, 1.165) is 4.47 Å². The van der Waals surface area contributed by atoms with E-state index in [4.69, 9.17) is 21.1 Å². The number of rotatable bonds is 4. The van der Waals surface area contributed by atoms with Gasteiger partial charge in [-0.2, -0.15) is 0 Å². The molecule has 0 radical (unpaired) electrons. The van der Waals surface area contributed by atoms with Gasteiger partial charge in [0.05, 0.1) is 24.4 Å². The van der Waals surface area contributed by atoms with E-state index in [1.54, 1.807) is 43.5 Å². The summed E-state index contributed by atoms with van der Waals surface area (Å²) in [6.45, 7) is 0. The van der Waals surface area contributed by atoms with Gasteiger partial charge in [0.2, 0.25) is 0 Å². The smallest absolute Gasteiger partial charge is 0.323 e. The van der Waals surface area contributed by atoms with Gasteiger partial charge in [-0.05, 0) is 34.1 Å². The van der Waals surface area contributed by atoms with Gasteiger partial charge in [-0.3, -0.25) is 0 Å². The maximum absolute atomic E-state index is 12.1. The fraction of sp³-hybridized carbons (Fsp3) is 0.133. The van der Waals surface area contributed by atoms with Crippen LogP contribution in [-0.4, -0.2) is 20.3 Å². The maximum atomic E-state index is 12.1. The standard InChI is InChI=1S/C15H14BrClN2O3/c1-21-13-8-12(14(22-2)7-11(13)16)19-15(20)18-10-5-3-4-9(17)6-10/h3-8H,1-2H3,(H2,18,19,20). The van der Waals surface area contributed by atoms with E-state index in [-0.39, 0.29) is 0 Å². The molecular weight excluding hydrogens is 372 g/mol. The lowest BCUT2D eigenvalue weighted by molar-refractivity contribution is 0.262. The van der Waals surface area contributed by atoms with Crippen LogP contribution in [0.25, 0.3) is 0 Å². The van der Waals surface area contributed by atoms with Crippen LogP contribution in [0.2, 0.25) is 5.02 Å². The first-order chi connectivity index (χ1) is 10.5. The Hall–Kier alpha value is -1.92. The molecule has 0 unspecified atom stereocenters. The molecule has 0 aliphatic carbocycles. The third-order valence-electron chi connectivity index (χ3n) is 2.80. The number of amides is 2. The second kappa shape index (κ2) is 7.38. The summed E-state index contributed by atoms with van der Waals surface area (Å²) >= 11 is 9.24. The number of hydrogen-bond donors (Lipinski definition) is 2. The summed E-state index contributed by atoms with van der Waals surface area (Å²) in [5.74, 6) is 1.09. The minimum absolute atomic E-state index is 0.412. The van der Waals surface area contributed by atoms with E-state index in [0.29, 0.717) is 27.9 Å². The monoisotopic (exact) mass is 384 g/mol. The number of hydrogen-bond acceptors (Lipinski definition) is 3. The summed E-state index contributed by atoms with van der Waals surface area (Å²) in [4.78, 5) is 12.1. The zero-order valence-electron chi connectivity index (χ0n) is 11.9. The van der Waals surface area contributed by atoms with E-state index in [1.165, 1.54) is 7.11 Å². The van der Waals surface area contributed by atoms with Crippen LogP contribution in [0.15, 0.2) is 40.9 Å². The summed E-state index contributed by atoms with van der Waals surface area (Å²) in [6.07, 6.45) is 0. The molecule has 7 heteroatoms. The fourth-order valence-corrected chi connectivity index (χ4v) is 2.48. The summed E-state index contributed by atoms with van der Waals surface area (Å²) in [6, 6.07) is 9.85. The van der Waals surface area contributed by atoms with E-state index in [2.05, 4.69) is 26.6 Å². The molecule has 2 aromatic rings. The molecule has 0 spiro atoms. The zero-order valence-corrected chi connectivity index (χ0v) is 14.3. The van der Waals surface area contributed by atoms with Crippen molar-refractivity contribution in [3.8, 4) is 11.5 Å². The van der Waals surface area contributed by atoms with Crippen molar-refractivity contribution in [3.05, 3.63) is 45.9 Å². The maximum Gasteiger partial charge on any atom is 0.323 e. The average molecular weight is 386 g/mol. The molecule has 2 N–H and O–H groups in total. The molecule has 0 saturated heterocycles.